The first-order valence-electron chi connectivity index (χ1n) is 5.89. The van der Waals surface area contributed by atoms with Crippen molar-refractivity contribution in [2.75, 3.05) is 6.54 Å². The summed E-state index contributed by atoms with van der Waals surface area (Å²) in [7, 11) is 0. The highest BCUT2D eigenvalue weighted by Crippen LogP contribution is 2.26. The number of alkyl halides is 4. The van der Waals surface area contributed by atoms with E-state index in [9.17, 15) is 22.4 Å². The first-order chi connectivity index (χ1) is 7.94. The molecule has 1 rings (SSSR count). The van der Waals surface area contributed by atoms with Gasteiger partial charge in [-0.05, 0) is 12.3 Å². The summed E-state index contributed by atoms with van der Waals surface area (Å²) in [6.07, 6.45) is 2.12. The average molecular weight is 255 g/mol. The molecule has 0 saturated heterocycles. The number of hydrogen-bond donors (Lipinski definition) is 1. The van der Waals surface area contributed by atoms with Crippen molar-refractivity contribution < 1.29 is 22.4 Å². The maximum Gasteiger partial charge on any atom is 0.383 e. The van der Waals surface area contributed by atoms with Crippen molar-refractivity contribution in [2.24, 2.45) is 5.92 Å². The first-order valence-corrected chi connectivity index (χ1v) is 5.89. The molecule has 17 heavy (non-hydrogen) atoms. The molecule has 0 unspecified atom stereocenters. The van der Waals surface area contributed by atoms with Crippen LogP contribution in [0.3, 0.4) is 0 Å². The van der Waals surface area contributed by atoms with Crippen LogP contribution in [-0.2, 0) is 4.79 Å². The Morgan fingerprint density at radius 1 is 1.24 bits per heavy atom. The fourth-order valence-electron chi connectivity index (χ4n) is 2.08. The van der Waals surface area contributed by atoms with Gasteiger partial charge in [0.15, 0.2) is 0 Å². The Bertz CT molecular complexity index is 252. The van der Waals surface area contributed by atoms with Crippen LogP contribution in [-0.4, -0.2) is 24.8 Å². The minimum Gasteiger partial charge on any atom is -0.351 e. The smallest absolute Gasteiger partial charge is 0.351 e. The molecule has 1 amide bonds. The number of amides is 1. The van der Waals surface area contributed by atoms with Gasteiger partial charge in [0.25, 0.3) is 5.91 Å². The fourth-order valence-corrected chi connectivity index (χ4v) is 2.08. The minimum atomic E-state index is -4.58. The zero-order chi connectivity index (χ0) is 12.9. The monoisotopic (exact) mass is 255 g/mol. The second-order valence-corrected chi connectivity index (χ2v) is 4.47. The van der Waals surface area contributed by atoms with Gasteiger partial charge in [-0.15, -0.1) is 0 Å². The summed E-state index contributed by atoms with van der Waals surface area (Å²) in [6, 6.07) is 0. The number of carbonyl (C=O) groups excluding carboxylic acids is 1. The summed E-state index contributed by atoms with van der Waals surface area (Å²) in [5, 5.41) is 1.88. The molecule has 0 aromatic rings. The molecule has 0 aromatic carbocycles. The van der Waals surface area contributed by atoms with E-state index >= 15 is 0 Å². The van der Waals surface area contributed by atoms with Crippen LogP contribution in [0, 0.1) is 5.92 Å². The van der Waals surface area contributed by atoms with Crippen LogP contribution >= 0.6 is 0 Å². The zero-order valence-electron chi connectivity index (χ0n) is 9.52. The number of halogens is 4. The molecule has 0 spiro atoms. The Kier molecular flexibility index (Phi) is 5.21. The Morgan fingerprint density at radius 2 is 1.82 bits per heavy atom. The van der Waals surface area contributed by atoms with Gasteiger partial charge in [-0.3, -0.25) is 4.79 Å². The van der Waals surface area contributed by atoms with Gasteiger partial charge in [-0.2, -0.15) is 8.78 Å². The van der Waals surface area contributed by atoms with Crippen molar-refractivity contribution in [3.63, 3.8) is 0 Å². The van der Waals surface area contributed by atoms with E-state index in [1.807, 2.05) is 5.32 Å². The van der Waals surface area contributed by atoms with Crippen LogP contribution in [0.15, 0.2) is 0 Å². The Hall–Kier alpha value is -0.810. The van der Waals surface area contributed by atoms with Crippen LogP contribution in [0.1, 0.15) is 38.5 Å². The lowest BCUT2D eigenvalue weighted by Gasteiger charge is -2.22. The SMILES string of the molecule is O=C(NCCC1CCCCC1)C(F)(F)C(F)F. The highest BCUT2D eigenvalue weighted by molar-refractivity contribution is 5.83. The molecular formula is C11H17F4NO. The Balaban J connectivity index is 2.23. The molecule has 1 N–H and O–H groups in total. The van der Waals surface area contributed by atoms with Gasteiger partial charge < -0.3 is 5.32 Å². The average Bonchev–Trinajstić information content (AvgIpc) is 2.30. The summed E-state index contributed by atoms with van der Waals surface area (Å²) in [5.74, 6) is -6.03. The first kappa shape index (κ1) is 14.3. The second-order valence-electron chi connectivity index (χ2n) is 4.47. The second kappa shape index (κ2) is 6.21. The summed E-state index contributed by atoms with van der Waals surface area (Å²) < 4.78 is 48.8. The molecule has 0 atom stereocenters. The third-order valence-electron chi connectivity index (χ3n) is 3.14. The minimum absolute atomic E-state index is 0.0474. The molecule has 100 valence electrons. The van der Waals surface area contributed by atoms with E-state index in [-0.39, 0.29) is 6.54 Å². The van der Waals surface area contributed by atoms with Crippen LogP contribution in [0.5, 0.6) is 0 Å². The van der Waals surface area contributed by atoms with Gasteiger partial charge in [0.05, 0.1) is 0 Å². The largest absolute Gasteiger partial charge is 0.383 e. The molecule has 0 radical (unpaired) electrons. The van der Waals surface area contributed by atoms with Gasteiger partial charge in [-0.25, -0.2) is 8.78 Å². The van der Waals surface area contributed by atoms with Crippen molar-refractivity contribution in [1.82, 2.24) is 5.32 Å². The normalized spacial score (nSPS) is 18.4. The van der Waals surface area contributed by atoms with E-state index in [1.165, 1.54) is 6.42 Å². The topological polar surface area (TPSA) is 29.1 Å². The van der Waals surface area contributed by atoms with E-state index < -0.39 is 18.3 Å². The predicted octanol–water partition coefficient (Wildman–Crippen LogP) is 2.97. The summed E-state index contributed by atoms with van der Waals surface area (Å²) >= 11 is 0. The lowest BCUT2D eigenvalue weighted by molar-refractivity contribution is -0.169. The van der Waals surface area contributed by atoms with Gasteiger partial charge >= 0.3 is 12.3 Å². The molecule has 0 bridgehead atoms. The van der Waals surface area contributed by atoms with Crippen molar-refractivity contribution in [1.29, 1.82) is 0 Å². The quantitative estimate of drug-likeness (QED) is 0.752. The number of hydrogen-bond acceptors (Lipinski definition) is 1. The van der Waals surface area contributed by atoms with E-state index in [1.54, 1.807) is 0 Å². The van der Waals surface area contributed by atoms with Crippen molar-refractivity contribution in [3.8, 4) is 0 Å². The number of carbonyl (C=O) groups is 1. The highest BCUT2D eigenvalue weighted by atomic mass is 19.3. The molecule has 0 heterocycles. The molecule has 0 aromatic heterocycles. The Labute approximate surface area is 97.8 Å². The van der Waals surface area contributed by atoms with Crippen molar-refractivity contribution >= 4 is 5.91 Å². The number of rotatable bonds is 5. The van der Waals surface area contributed by atoms with Crippen molar-refractivity contribution in [3.05, 3.63) is 0 Å². The highest BCUT2D eigenvalue weighted by Gasteiger charge is 2.48. The summed E-state index contributed by atoms with van der Waals surface area (Å²) in [6.45, 7) is 0.0474. The lowest BCUT2D eigenvalue weighted by Crippen LogP contribution is -2.45. The van der Waals surface area contributed by atoms with Gasteiger partial charge in [0.1, 0.15) is 0 Å². The van der Waals surface area contributed by atoms with Crippen LogP contribution in [0.2, 0.25) is 0 Å². The lowest BCUT2D eigenvalue weighted by atomic mass is 9.87. The third-order valence-corrected chi connectivity index (χ3v) is 3.14. The maximum absolute atomic E-state index is 12.5. The van der Waals surface area contributed by atoms with Crippen LogP contribution < -0.4 is 5.32 Å². The standard InChI is InChI=1S/C11H17F4NO/c12-9(13)11(14,15)10(17)16-7-6-8-4-2-1-3-5-8/h8-9H,1-7H2,(H,16,17). The predicted molar refractivity (Wildman–Crippen MR) is 55.2 cm³/mol. The molecule has 1 saturated carbocycles. The van der Waals surface area contributed by atoms with Crippen LogP contribution in [0.4, 0.5) is 17.6 Å². The summed E-state index contributed by atoms with van der Waals surface area (Å²) in [4.78, 5) is 10.8. The van der Waals surface area contributed by atoms with Gasteiger partial charge in [0.2, 0.25) is 0 Å². The Morgan fingerprint density at radius 3 is 2.35 bits per heavy atom. The van der Waals surface area contributed by atoms with Gasteiger partial charge in [0, 0.05) is 6.54 Å². The van der Waals surface area contributed by atoms with Gasteiger partial charge in [-0.1, -0.05) is 32.1 Å². The third kappa shape index (κ3) is 4.16. The fraction of sp³-hybridized carbons (Fsp3) is 0.909. The van der Waals surface area contributed by atoms with Crippen LogP contribution in [0.25, 0.3) is 0 Å². The molecule has 1 fully saturated rings. The maximum atomic E-state index is 12.5. The van der Waals surface area contributed by atoms with E-state index in [0.717, 1.165) is 25.7 Å². The van der Waals surface area contributed by atoms with E-state index in [4.69, 9.17) is 0 Å². The van der Waals surface area contributed by atoms with E-state index in [2.05, 4.69) is 0 Å². The van der Waals surface area contributed by atoms with E-state index in [0.29, 0.717) is 12.3 Å². The van der Waals surface area contributed by atoms with Crippen molar-refractivity contribution in [2.45, 2.75) is 50.9 Å². The summed E-state index contributed by atoms with van der Waals surface area (Å²) in [5.41, 5.74) is 0. The molecule has 1 aliphatic carbocycles. The molecule has 6 heteroatoms. The molecule has 0 aliphatic heterocycles. The zero-order valence-corrected chi connectivity index (χ0v) is 9.52. The molecule has 2 nitrogen and oxygen atoms in total. The molecular weight excluding hydrogens is 238 g/mol. The molecule has 1 aliphatic rings. The number of nitrogens with one attached hydrogen (secondary N) is 1.